The maximum atomic E-state index is 12.8. The van der Waals surface area contributed by atoms with Gasteiger partial charge in [0.25, 0.3) is 11.1 Å². The van der Waals surface area contributed by atoms with Crippen molar-refractivity contribution < 1.29 is 14.3 Å². The second-order valence-electron chi connectivity index (χ2n) is 6.46. The first-order chi connectivity index (χ1) is 14.5. The molecule has 0 spiro atoms. The highest BCUT2D eigenvalue weighted by molar-refractivity contribution is 8.18. The van der Waals surface area contributed by atoms with Crippen molar-refractivity contribution in [3.8, 4) is 11.5 Å². The van der Waals surface area contributed by atoms with E-state index in [9.17, 15) is 9.59 Å². The first-order valence-corrected chi connectivity index (χ1v) is 10.6. The van der Waals surface area contributed by atoms with Gasteiger partial charge in [-0.05, 0) is 59.8 Å². The molecule has 1 saturated heterocycles. The molecule has 2 amide bonds. The fraction of sp³-hybridized carbons (Fsp3) is 0.0435. The maximum absolute atomic E-state index is 12.8. The van der Waals surface area contributed by atoms with E-state index in [1.807, 2.05) is 54.6 Å². The van der Waals surface area contributed by atoms with E-state index in [1.54, 1.807) is 24.3 Å². The average molecular weight is 456 g/mol. The van der Waals surface area contributed by atoms with Crippen LogP contribution in [0.15, 0.2) is 77.7 Å². The number of ether oxygens (including phenoxy) is 1. The van der Waals surface area contributed by atoms with Crippen molar-refractivity contribution in [2.24, 2.45) is 0 Å². The number of thioether (sulfide) groups is 1. The molecule has 0 N–H and O–H groups in total. The molecular weight excluding hydrogens is 441 g/mol. The van der Waals surface area contributed by atoms with Gasteiger partial charge in [-0.1, -0.05) is 59.6 Å². The molecule has 0 aromatic heterocycles. The van der Waals surface area contributed by atoms with Gasteiger partial charge in [-0.2, -0.15) is 0 Å². The van der Waals surface area contributed by atoms with E-state index >= 15 is 0 Å². The summed E-state index contributed by atoms with van der Waals surface area (Å²) in [4.78, 5) is 26.7. The largest absolute Gasteiger partial charge is 0.457 e. The smallest absolute Gasteiger partial charge is 0.293 e. The van der Waals surface area contributed by atoms with Crippen LogP contribution in [0.1, 0.15) is 11.1 Å². The minimum Gasteiger partial charge on any atom is -0.457 e. The molecule has 0 atom stereocenters. The molecule has 30 heavy (non-hydrogen) atoms. The monoisotopic (exact) mass is 455 g/mol. The topological polar surface area (TPSA) is 46.6 Å². The fourth-order valence-corrected chi connectivity index (χ4v) is 4.28. The van der Waals surface area contributed by atoms with Crippen LogP contribution >= 0.6 is 35.0 Å². The van der Waals surface area contributed by atoms with Crippen LogP contribution in [0.3, 0.4) is 0 Å². The summed E-state index contributed by atoms with van der Waals surface area (Å²) in [5.74, 6) is 0.971. The number of halogens is 2. The predicted molar refractivity (Wildman–Crippen MR) is 121 cm³/mol. The number of amides is 2. The lowest BCUT2D eigenvalue weighted by Gasteiger charge is -2.14. The first-order valence-electron chi connectivity index (χ1n) is 9.02. The van der Waals surface area contributed by atoms with E-state index in [4.69, 9.17) is 27.9 Å². The van der Waals surface area contributed by atoms with Gasteiger partial charge in [0.15, 0.2) is 0 Å². The number of benzene rings is 3. The molecule has 0 radical (unpaired) electrons. The quantitative estimate of drug-likeness (QED) is 0.387. The summed E-state index contributed by atoms with van der Waals surface area (Å²) in [6, 6.07) is 21.8. The molecule has 4 rings (SSSR count). The Kier molecular flexibility index (Phi) is 6.13. The van der Waals surface area contributed by atoms with Gasteiger partial charge >= 0.3 is 0 Å². The molecule has 0 saturated carbocycles. The molecule has 3 aromatic rings. The van der Waals surface area contributed by atoms with E-state index < -0.39 is 0 Å². The zero-order chi connectivity index (χ0) is 21.1. The average Bonchev–Trinajstić information content (AvgIpc) is 2.99. The number of hydrogen-bond acceptors (Lipinski definition) is 4. The summed E-state index contributed by atoms with van der Waals surface area (Å²) in [7, 11) is 0. The summed E-state index contributed by atoms with van der Waals surface area (Å²) in [5, 5.41) is 0.464. The molecule has 150 valence electrons. The number of para-hydroxylation sites is 1. The van der Waals surface area contributed by atoms with E-state index in [2.05, 4.69) is 0 Å². The number of imide groups is 1. The molecule has 0 unspecified atom stereocenters. The maximum Gasteiger partial charge on any atom is 0.293 e. The van der Waals surface area contributed by atoms with E-state index in [-0.39, 0.29) is 17.7 Å². The minimum atomic E-state index is -0.379. The van der Waals surface area contributed by atoms with Gasteiger partial charge < -0.3 is 4.74 Å². The molecular formula is C23H15Cl2NO3S. The Labute approximate surface area is 188 Å². The number of rotatable bonds is 5. The van der Waals surface area contributed by atoms with Gasteiger partial charge in [0.2, 0.25) is 0 Å². The van der Waals surface area contributed by atoms with Crippen LogP contribution < -0.4 is 4.74 Å². The van der Waals surface area contributed by atoms with Crippen LogP contribution in [-0.2, 0) is 11.3 Å². The highest BCUT2D eigenvalue weighted by Gasteiger charge is 2.35. The Bertz CT molecular complexity index is 1130. The lowest BCUT2D eigenvalue weighted by Crippen LogP contribution is -2.27. The lowest BCUT2D eigenvalue weighted by atomic mass is 10.2. The van der Waals surface area contributed by atoms with Crippen molar-refractivity contribution >= 4 is 52.2 Å². The second kappa shape index (κ2) is 8.96. The summed E-state index contributed by atoms with van der Waals surface area (Å²) in [6.07, 6.45) is 1.68. The Morgan fingerprint density at radius 2 is 1.53 bits per heavy atom. The molecule has 1 aliphatic heterocycles. The summed E-state index contributed by atoms with van der Waals surface area (Å²) >= 11 is 13.3. The Hall–Kier alpha value is -2.73. The van der Waals surface area contributed by atoms with Crippen molar-refractivity contribution in [1.29, 1.82) is 0 Å². The highest BCUT2D eigenvalue weighted by atomic mass is 35.5. The van der Waals surface area contributed by atoms with Crippen LogP contribution in [0.4, 0.5) is 4.79 Å². The van der Waals surface area contributed by atoms with Gasteiger partial charge in [-0.25, -0.2) is 0 Å². The minimum absolute atomic E-state index is 0.0255. The van der Waals surface area contributed by atoms with E-state index in [1.165, 1.54) is 0 Å². The summed E-state index contributed by atoms with van der Waals surface area (Å²) in [6.45, 7) is 0.0255. The molecule has 3 aromatic carbocycles. The standard InChI is InChI=1S/C23H15Cl2NO3S/c24-19-10-5-11-20(25)18(19)14-26-22(27)21(30-23(26)28)13-15-6-4-9-17(12-15)29-16-7-2-1-3-8-16/h1-13H,14H2/b21-13+. The lowest BCUT2D eigenvalue weighted by molar-refractivity contribution is -0.123. The number of carbonyl (C=O) groups is 2. The molecule has 1 aliphatic rings. The van der Waals surface area contributed by atoms with Gasteiger partial charge in [0.1, 0.15) is 11.5 Å². The van der Waals surface area contributed by atoms with Crippen molar-refractivity contribution in [3.05, 3.63) is 98.9 Å². The second-order valence-corrected chi connectivity index (χ2v) is 8.26. The molecule has 1 fully saturated rings. The van der Waals surface area contributed by atoms with Gasteiger partial charge in [-0.3, -0.25) is 14.5 Å². The summed E-state index contributed by atoms with van der Waals surface area (Å²) in [5.41, 5.74) is 1.30. The Balaban J connectivity index is 1.54. The van der Waals surface area contributed by atoms with Crippen LogP contribution in [-0.4, -0.2) is 16.0 Å². The van der Waals surface area contributed by atoms with Crippen LogP contribution in [0, 0.1) is 0 Å². The molecule has 1 heterocycles. The third-order valence-corrected chi connectivity index (χ3v) is 6.00. The third-order valence-electron chi connectivity index (χ3n) is 4.39. The van der Waals surface area contributed by atoms with Crippen molar-refractivity contribution in [3.63, 3.8) is 0 Å². The number of nitrogens with zero attached hydrogens (tertiary/aromatic N) is 1. The van der Waals surface area contributed by atoms with E-state index in [0.717, 1.165) is 22.2 Å². The fourth-order valence-electron chi connectivity index (χ4n) is 2.92. The number of hydrogen-bond donors (Lipinski definition) is 0. The molecule has 7 heteroatoms. The Morgan fingerprint density at radius 1 is 0.867 bits per heavy atom. The molecule has 0 bridgehead atoms. The molecule has 0 aliphatic carbocycles. The van der Waals surface area contributed by atoms with Crippen molar-refractivity contribution in [2.45, 2.75) is 6.54 Å². The third kappa shape index (κ3) is 4.54. The van der Waals surface area contributed by atoms with Crippen molar-refractivity contribution in [1.82, 2.24) is 4.90 Å². The van der Waals surface area contributed by atoms with Gasteiger partial charge in [-0.15, -0.1) is 0 Å². The van der Waals surface area contributed by atoms with Gasteiger partial charge in [0.05, 0.1) is 11.4 Å². The summed E-state index contributed by atoms with van der Waals surface area (Å²) < 4.78 is 5.83. The zero-order valence-electron chi connectivity index (χ0n) is 15.5. The van der Waals surface area contributed by atoms with E-state index in [0.29, 0.717) is 32.0 Å². The van der Waals surface area contributed by atoms with Crippen LogP contribution in [0.25, 0.3) is 6.08 Å². The SMILES string of the molecule is O=C1S/C(=C/c2cccc(Oc3ccccc3)c2)C(=O)N1Cc1c(Cl)cccc1Cl. The first kappa shape index (κ1) is 20.5. The zero-order valence-corrected chi connectivity index (χ0v) is 17.9. The molecule has 4 nitrogen and oxygen atoms in total. The predicted octanol–water partition coefficient (Wildman–Crippen LogP) is 7.02. The van der Waals surface area contributed by atoms with Crippen molar-refractivity contribution in [2.75, 3.05) is 0 Å². The highest BCUT2D eigenvalue weighted by Crippen LogP contribution is 2.36. The van der Waals surface area contributed by atoms with Crippen LogP contribution in [0.2, 0.25) is 10.0 Å². The van der Waals surface area contributed by atoms with Gasteiger partial charge in [0, 0.05) is 15.6 Å². The number of carbonyl (C=O) groups excluding carboxylic acids is 2. The normalized spacial score (nSPS) is 15.1. The Morgan fingerprint density at radius 3 is 2.27 bits per heavy atom. The van der Waals surface area contributed by atoms with Crippen LogP contribution in [0.5, 0.6) is 11.5 Å².